The van der Waals surface area contributed by atoms with Crippen LogP contribution in [0.25, 0.3) is 11.1 Å². The molecule has 0 aliphatic heterocycles. The summed E-state index contributed by atoms with van der Waals surface area (Å²) in [6.45, 7) is 2.28. The molecule has 0 aromatic heterocycles. The van der Waals surface area contributed by atoms with Gasteiger partial charge in [0.1, 0.15) is 35.5 Å². The summed E-state index contributed by atoms with van der Waals surface area (Å²) in [6.07, 6.45) is 10.9. The van der Waals surface area contributed by atoms with Gasteiger partial charge in [-0.1, -0.05) is 166 Å². The maximum absolute atomic E-state index is 13.7. The Bertz CT molecular complexity index is 2020. The quantitative estimate of drug-likeness (QED) is 0.0399. The molecule has 0 heterocycles. The van der Waals surface area contributed by atoms with Crippen LogP contribution in [0.15, 0.2) is 176 Å². The molecule has 0 radical (unpaired) electrons. The van der Waals surface area contributed by atoms with Gasteiger partial charge in [0.25, 0.3) is 5.91 Å². The van der Waals surface area contributed by atoms with E-state index in [1.165, 1.54) is 75.9 Å². The van der Waals surface area contributed by atoms with E-state index in [9.17, 15) is 4.79 Å². The molecule has 304 valence electrons. The molecule has 4 nitrogen and oxygen atoms in total. The summed E-state index contributed by atoms with van der Waals surface area (Å²) in [6, 6.07) is 62.4. The molecule has 0 atom stereocenters. The summed E-state index contributed by atoms with van der Waals surface area (Å²) in [5.41, 5.74) is 6.45. The van der Waals surface area contributed by atoms with Gasteiger partial charge in [-0.25, -0.2) is 0 Å². The number of benzene rings is 6. The monoisotopic (exact) mass is 801 g/mol. The van der Waals surface area contributed by atoms with Crippen molar-refractivity contribution in [1.82, 2.24) is 10.2 Å². The van der Waals surface area contributed by atoms with Crippen molar-refractivity contribution in [3.63, 3.8) is 0 Å². The van der Waals surface area contributed by atoms with E-state index < -0.39 is 7.26 Å². The van der Waals surface area contributed by atoms with Crippen molar-refractivity contribution in [3.8, 4) is 5.75 Å². The normalized spacial score (nSPS) is 11.9. The highest BCUT2D eigenvalue weighted by Crippen LogP contribution is 2.55. The Morgan fingerprint density at radius 3 is 1.42 bits per heavy atom. The largest absolute Gasteiger partial charge is 0.492 e. The predicted molar refractivity (Wildman–Crippen MR) is 254 cm³/mol. The molecule has 6 aromatic rings. The number of nitrogens with zero attached hydrogens (tertiary/aromatic N) is 1. The molecular weight excluding hydrogens is 740 g/mol. The van der Waals surface area contributed by atoms with Crippen LogP contribution in [0.2, 0.25) is 0 Å². The van der Waals surface area contributed by atoms with Crippen molar-refractivity contribution in [1.29, 1.82) is 0 Å². The van der Waals surface area contributed by atoms with Crippen molar-refractivity contribution < 1.29 is 9.53 Å². The number of amides is 1. The van der Waals surface area contributed by atoms with Gasteiger partial charge in [-0.2, -0.15) is 0 Å². The average molecular weight is 802 g/mol. The second-order valence-electron chi connectivity index (χ2n) is 15.7. The second kappa shape index (κ2) is 23.3. The number of allylic oxidation sites excluding steroid dienone is 1. The van der Waals surface area contributed by atoms with Crippen molar-refractivity contribution in [2.45, 2.75) is 57.8 Å². The number of hydrogen-bond donors (Lipinski definition) is 1. The third-order valence-electron chi connectivity index (χ3n) is 11.1. The fourth-order valence-corrected chi connectivity index (χ4v) is 12.0. The summed E-state index contributed by atoms with van der Waals surface area (Å²) in [5.74, 6) is 1.04. The maximum atomic E-state index is 13.7. The number of carbonyl (C=O) groups excluding carboxylic acids is 1. The molecular formula is C54H62N2O2P+. The minimum absolute atomic E-state index is 0.135. The Kier molecular flexibility index (Phi) is 17.1. The summed E-state index contributed by atoms with van der Waals surface area (Å²) >= 11 is 0. The number of ether oxygens (including phenoxy) is 1. The lowest BCUT2D eigenvalue weighted by atomic mass is 9.86. The lowest BCUT2D eigenvalue weighted by molar-refractivity contribution is -0.118. The van der Waals surface area contributed by atoms with Crippen LogP contribution in [0.5, 0.6) is 5.75 Å². The summed E-state index contributed by atoms with van der Waals surface area (Å²) in [5, 5.41) is 7.03. The van der Waals surface area contributed by atoms with Gasteiger partial charge >= 0.3 is 0 Å². The van der Waals surface area contributed by atoms with Crippen LogP contribution in [0.4, 0.5) is 0 Å². The van der Waals surface area contributed by atoms with Gasteiger partial charge in [0, 0.05) is 13.1 Å². The van der Waals surface area contributed by atoms with E-state index in [0.29, 0.717) is 12.8 Å². The molecule has 6 rings (SSSR count). The molecule has 0 fully saturated rings. The van der Waals surface area contributed by atoms with E-state index in [4.69, 9.17) is 4.74 Å². The van der Waals surface area contributed by atoms with E-state index in [1.807, 2.05) is 0 Å². The Morgan fingerprint density at radius 1 is 0.508 bits per heavy atom. The maximum Gasteiger partial charge on any atom is 0.258 e. The molecule has 0 aliphatic carbocycles. The van der Waals surface area contributed by atoms with Crippen LogP contribution < -0.4 is 26.0 Å². The second-order valence-corrected chi connectivity index (χ2v) is 19.1. The minimum Gasteiger partial charge on any atom is -0.492 e. The molecule has 0 spiro atoms. The first kappa shape index (κ1) is 43.3. The molecule has 59 heavy (non-hydrogen) atoms. The smallest absolute Gasteiger partial charge is 0.258 e. The van der Waals surface area contributed by atoms with Crippen LogP contribution in [-0.2, 0) is 4.79 Å². The summed E-state index contributed by atoms with van der Waals surface area (Å²) < 4.78 is 6.03. The van der Waals surface area contributed by atoms with Gasteiger partial charge < -0.3 is 15.0 Å². The highest BCUT2D eigenvalue weighted by Gasteiger charge is 2.47. The fourth-order valence-electron chi connectivity index (χ4n) is 7.99. The molecule has 0 aliphatic rings. The van der Waals surface area contributed by atoms with Crippen LogP contribution in [0, 0.1) is 0 Å². The van der Waals surface area contributed by atoms with Gasteiger partial charge in [-0.15, -0.1) is 0 Å². The van der Waals surface area contributed by atoms with Gasteiger partial charge in [0.05, 0.1) is 0 Å². The topological polar surface area (TPSA) is 41.6 Å². The number of likely N-dealkylation sites (N-methyl/N-ethyl adjacent to an activating group) is 1. The first-order valence-corrected chi connectivity index (χ1v) is 23.6. The third kappa shape index (κ3) is 12.6. The van der Waals surface area contributed by atoms with Crippen molar-refractivity contribution in [2.75, 3.05) is 40.0 Å². The Labute approximate surface area is 354 Å². The standard InChI is InChI=1S/C54H61N2O2P/c1-56(2)42-43-58-48-39-37-47(38-40-48)54(46-28-16-10-17-29-46)52(45-26-14-9-15-27-45)36-24-7-5-3-4-6-8-25-41-55-53(57)44-59(49-30-18-11-19-31-49,50-32-20-12-21-33-50)51-34-22-13-23-35-51/h9-23,26-35,37-40H,3-8,24-25,36,41-44H2,1-2H3/p+1/b54-52-. The van der Waals surface area contributed by atoms with E-state index in [0.717, 1.165) is 44.5 Å². The number of unbranched alkanes of at least 4 members (excludes halogenated alkanes) is 7. The zero-order chi connectivity index (χ0) is 41.0. The Morgan fingerprint density at radius 2 is 0.932 bits per heavy atom. The van der Waals surface area contributed by atoms with Crippen molar-refractivity contribution >= 4 is 40.2 Å². The molecule has 1 N–H and O–H groups in total. The highest BCUT2D eigenvalue weighted by atomic mass is 31.2. The molecule has 0 saturated carbocycles. The summed E-state index contributed by atoms with van der Waals surface area (Å²) in [7, 11) is 1.95. The first-order chi connectivity index (χ1) is 29.0. The van der Waals surface area contributed by atoms with Crippen molar-refractivity contribution in [3.05, 3.63) is 193 Å². The van der Waals surface area contributed by atoms with E-state index in [2.05, 4.69) is 200 Å². The SMILES string of the molecule is CN(C)CCOc1ccc(/C(=C(/CCCCCCCCCCNC(=O)C[P+](c2ccccc2)(c2ccccc2)c2ccccc2)c2ccccc2)c2ccccc2)cc1. The third-order valence-corrected chi connectivity index (χ3v) is 15.4. The number of hydrogen-bond acceptors (Lipinski definition) is 3. The Hall–Kier alpha value is -5.28. The molecule has 5 heteroatoms. The van der Waals surface area contributed by atoms with Gasteiger partial charge in [0.2, 0.25) is 0 Å². The van der Waals surface area contributed by atoms with E-state index >= 15 is 0 Å². The van der Waals surface area contributed by atoms with E-state index in [-0.39, 0.29) is 5.91 Å². The Balaban J connectivity index is 0.989. The van der Waals surface area contributed by atoms with E-state index in [1.54, 1.807) is 0 Å². The van der Waals surface area contributed by atoms with Gasteiger partial charge in [0.15, 0.2) is 6.16 Å². The van der Waals surface area contributed by atoms with Crippen molar-refractivity contribution in [2.24, 2.45) is 0 Å². The minimum atomic E-state index is -2.18. The molecule has 6 aromatic carbocycles. The lowest BCUT2D eigenvalue weighted by Crippen LogP contribution is -2.39. The van der Waals surface area contributed by atoms with Crippen LogP contribution in [-0.4, -0.2) is 50.8 Å². The highest BCUT2D eigenvalue weighted by molar-refractivity contribution is 7.96. The molecule has 0 unspecified atom stereocenters. The van der Waals surface area contributed by atoms with Gasteiger partial charge in [-0.3, -0.25) is 4.79 Å². The molecule has 1 amide bonds. The first-order valence-electron chi connectivity index (χ1n) is 21.6. The zero-order valence-corrected chi connectivity index (χ0v) is 36.0. The zero-order valence-electron chi connectivity index (χ0n) is 35.1. The predicted octanol–water partition coefficient (Wildman–Crippen LogP) is 11.2. The van der Waals surface area contributed by atoms with Crippen LogP contribution >= 0.6 is 7.26 Å². The van der Waals surface area contributed by atoms with Crippen LogP contribution in [0.1, 0.15) is 74.5 Å². The van der Waals surface area contributed by atoms with Crippen LogP contribution in [0.3, 0.4) is 0 Å². The lowest BCUT2D eigenvalue weighted by Gasteiger charge is -2.27. The molecule has 0 saturated heterocycles. The van der Waals surface area contributed by atoms with Gasteiger partial charge in [-0.05, 0) is 110 Å². The number of carbonyl (C=O) groups is 1. The molecule has 0 bridgehead atoms. The average Bonchev–Trinajstić information content (AvgIpc) is 3.29. The number of nitrogens with one attached hydrogen (secondary N) is 1. The summed E-state index contributed by atoms with van der Waals surface area (Å²) in [4.78, 5) is 15.9. The number of rotatable bonds is 23. The fraction of sp³-hybridized carbons (Fsp3) is 0.278.